The number of alkyl carbamates (subject to hydrolysis) is 1. The maximum Gasteiger partial charge on any atom is 0.408 e. The summed E-state index contributed by atoms with van der Waals surface area (Å²) in [5, 5.41) is 4.97. The summed E-state index contributed by atoms with van der Waals surface area (Å²) in [6.07, 6.45) is 7.86. The van der Waals surface area contributed by atoms with E-state index in [1.807, 2.05) is 42.7 Å². The second-order valence-corrected chi connectivity index (χ2v) is 17.0. The fourth-order valence-corrected chi connectivity index (χ4v) is 7.95. The van der Waals surface area contributed by atoms with Crippen molar-refractivity contribution >= 4 is 50.9 Å². The summed E-state index contributed by atoms with van der Waals surface area (Å²) in [5.74, 6) is -2.66. The predicted molar refractivity (Wildman–Crippen MR) is 197 cm³/mol. The molecule has 3 aliphatic rings. The number of ether oxygens (including phenoxy) is 2. The Morgan fingerprint density at radius 2 is 1.87 bits per heavy atom. The van der Waals surface area contributed by atoms with Crippen LogP contribution in [0.5, 0.6) is 6.01 Å². The van der Waals surface area contributed by atoms with E-state index in [9.17, 15) is 27.6 Å². The highest BCUT2D eigenvalue weighted by Gasteiger charge is 2.44. The van der Waals surface area contributed by atoms with E-state index < -0.39 is 68.8 Å². The van der Waals surface area contributed by atoms with Crippen LogP contribution in [-0.2, 0) is 29.1 Å². The number of allylic oxidation sites excluding steroid dienone is 1. The number of hydrogen-bond acceptors (Lipinski definition) is 9. The Balaban J connectivity index is 1.43. The summed E-state index contributed by atoms with van der Waals surface area (Å²) >= 11 is 0. The molecule has 4 amide bonds. The molecule has 0 spiro atoms. The molecule has 1 aromatic carbocycles. The Kier molecular flexibility index (Phi) is 12.0. The summed E-state index contributed by atoms with van der Waals surface area (Å²) in [6, 6.07) is 4.10. The molecule has 5 rings (SSSR count). The van der Waals surface area contributed by atoms with Gasteiger partial charge in [0.2, 0.25) is 27.7 Å². The molecule has 2 aliphatic heterocycles. The number of carbonyl (C=O) groups is 4. The third kappa shape index (κ3) is 9.52. The van der Waals surface area contributed by atoms with Crippen LogP contribution in [0.25, 0.3) is 17.1 Å². The highest BCUT2D eigenvalue weighted by atomic mass is 32.2. The van der Waals surface area contributed by atoms with Crippen molar-refractivity contribution in [1.29, 1.82) is 0 Å². The molecule has 15 heteroatoms. The van der Waals surface area contributed by atoms with Gasteiger partial charge in [-0.05, 0) is 72.8 Å². The van der Waals surface area contributed by atoms with Crippen LogP contribution in [0.3, 0.4) is 0 Å². The van der Waals surface area contributed by atoms with Crippen molar-refractivity contribution in [3.05, 3.63) is 42.5 Å². The first kappa shape index (κ1) is 38.8. The molecular weight excluding hydrogens is 689 g/mol. The van der Waals surface area contributed by atoms with Gasteiger partial charge in [0.05, 0.1) is 28.7 Å². The maximum atomic E-state index is 14.4. The van der Waals surface area contributed by atoms with Gasteiger partial charge in [-0.1, -0.05) is 49.8 Å². The summed E-state index contributed by atoms with van der Waals surface area (Å²) in [5.41, 5.74) is 1.61. The Bertz CT molecular complexity index is 1810. The molecule has 1 saturated heterocycles. The van der Waals surface area contributed by atoms with Crippen LogP contribution in [-0.4, -0.2) is 88.8 Å². The Morgan fingerprint density at radius 3 is 2.54 bits per heavy atom. The number of imidazole rings is 1. The van der Waals surface area contributed by atoms with E-state index in [1.165, 1.54) is 4.90 Å². The lowest BCUT2D eigenvalue weighted by Gasteiger charge is -2.29. The van der Waals surface area contributed by atoms with Gasteiger partial charge in [0.25, 0.3) is 6.01 Å². The normalized spacial score (nSPS) is 24.3. The maximum absolute atomic E-state index is 14.4. The van der Waals surface area contributed by atoms with Crippen molar-refractivity contribution in [1.82, 2.24) is 29.8 Å². The van der Waals surface area contributed by atoms with Crippen LogP contribution in [0.2, 0.25) is 0 Å². The van der Waals surface area contributed by atoms with E-state index >= 15 is 0 Å². The Morgan fingerprint density at radius 1 is 1.12 bits per heavy atom. The van der Waals surface area contributed by atoms with Gasteiger partial charge in [0, 0.05) is 24.6 Å². The second kappa shape index (κ2) is 16.1. The zero-order chi connectivity index (χ0) is 37.8. The number of aromatic nitrogens is 2. The fourth-order valence-electron chi connectivity index (χ4n) is 6.60. The minimum Gasteiger partial charge on any atom is -0.459 e. The first-order valence-electron chi connectivity index (χ1n) is 18.2. The van der Waals surface area contributed by atoms with Crippen LogP contribution in [0.4, 0.5) is 4.79 Å². The van der Waals surface area contributed by atoms with Gasteiger partial charge in [0.15, 0.2) is 0 Å². The third-order valence-corrected chi connectivity index (χ3v) is 11.2. The van der Waals surface area contributed by atoms with E-state index in [4.69, 9.17) is 14.5 Å². The molecule has 284 valence electrons. The molecule has 0 unspecified atom stereocenters. The largest absolute Gasteiger partial charge is 0.459 e. The number of carbonyl (C=O) groups excluding carboxylic acids is 4. The number of para-hydroxylation sites is 1. The zero-order valence-corrected chi connectivity index (χ0v) is 31.5. The first-order valence-corrected chi connectivity index (χ1v) is 19.7. The molecule has 2 fully saturated rings. The molecule has 3 N–H and O–H groups in total. The standard InChI is InChI=1S/C37H52N6O8S/c1-7-24-15-13-17-29-31(24)40-35(43(29)23(2)3)50-26-20-30-33(45)38-21-25(32(44)41-52(48,49)27-18-19-27)14-11-9-8-10-12-16-28(34(46)42(30)22-26)39-36(47)51-37(4,5)6/h7,11,13-15,17,23,25-28,30H,1,8-10,12,16,18-22H2,2-6H3,(H,38,45)(H,39,47)(H,41,44)/b14-11-/t25-,26-,28+,30+/m1/s1. The van der Waals surface area contributed by atoms with Crippen molar-refractivity contribution in [3.8, 4) is 6.01 Å². The number of nitrogens with one attached hydrogen (secondary N) is 3. The van der Waals surface area contributed by atoms with Crippen molar-refractivity contribution in [3.63, 3.8) is 0 Å². The smallest absolute Gasteiger partial charge is 0.408 e. The average molecular weight is 741 g/mol. The van der Waals surface area contributed by atoms with E-state index in [1.54, 1.807) is 32.9 Å². The van der Waals surface area contributed by atoms with E-state index in [-0.39, 0.29) is 25.6 Å². The predicted octanol–water partition coefficient (Wildman–Crippen LogP) is 4.36. The van der Waals surface area contributed by atoms with Crippen LogP contribution < -0.4 is 20.1 Å². The number of nitrogens with zero attached hydrogens (tertiary/aromatic N) is 3. The summed E-state index contributed by atoms with van der Waals surface area (Å²) in [4.78, 5) is 60.7. The number of hydrogen-bond donors (Lipinski definition) is 3. The average Bonchev–Trinajstić information content (AvgIpc) is 3.75. The summed E-state index contributed by atoms with van der Waals surface area (Å²) in [6.45, 7) is 13.0. The molecule has 1 saturated carbocycles. The first-order chi connectivity index (χ1) is 24.6. The number of amides is 4. The molecule has 3 heterocycles. The summed E-state index contributed by atoms with van der Waals surface area (Å²) in [7, 11) is -3.80. The van der Waals surface area contributed by atoms with Crippen LogP contribution >= 0.6 is 0 Å². The van der Waals surface area contributed by atoms with Crippen molar-refractivity contribution in [2.75, 3.05) is 13.1 Å². The van der Waals surface area contributed by atoms with Crippen molar-refractivity contribution in [2.45, 2.75) is 121 Å². The van der Waals surface area contributed by atoms with Crippen LogP contribution in [0.15, 0.2) is 36.9 Å². The minimum absolute atomic E-state index is 0.0286. The topological polar surface area (TPSA) is 178 Å². The SMILES string of the molecule is C=Cc1cccc2c1nc(O[C@@H]1C[C@H]3C(=O)NC[C@H](C(=O)NS(=O)(=O)C4CC4)/C=C\CCCCC[C@H](NC(=O)OC(C)(C)C)C(=O)N3C1)n2C(C)C. The van der Waals surface area contributed by atoms with Crippen LogP contribution in [0, 0.1) is 5.92 Å². The number of sulfonamides is 1. The third-order valence-electron chi connectivity index (χ3n) is 9.34. The van der Waals surface area contributed by atoms with Crippen molar-refractivity contribution in [2.24, 2.45) is 5.92 Å². The molecule has 14 nitrogen and oxygen atoms in total. The quantitative estimate of drug-likeness (QED) is 0.332. The van der Waals surface area contributed by atoms with Crippen LogP contribution in [0.1, 0.15) is 97.6 Å². The lowest BCUT2D eigenvalue weighted by molar-refractivity contribution is -0.140. The van der Waals surface area contributed by atoms with Gasteiger partial charge in [-0.3, -0.25) is 23.7 Å². The Hall–Kier alpha value is -4.40. The molecular formula is C37H52N6O8S. The number of benzene rings is 1. The minimum atomic E-state index is -3.80. The monoisotopic (exact) mass is 740 g/mol. The van der Waals surface area contributed by atoms with E-state index in [2.05, 4.69) is 21.9 Å². The van der Waals surface area contributed by atoms with Gasteiger partial charge < -0.3 is 25.0 Å². The highest BCUT2D eigenvalue weighted by molar-refractivity contribution is 7.90. The zero-order valence-electron chi connectivity index (χ0n) is 30.7. The molecule has 52 heavy (non-hydrogen) atoms. The van der Waals surface area contributed by atoms with Crippen molar-refractivity contribution < 1.29 is 37.1 Å². The van der Waals surface area contributed by atoms with Gasteiger partial charge in [-0.15, -0.1) is 0 Å². The highest BCUT2D eigenvalue weighted by Crippen LogP contribution is 2.32. The number of rotatable bonds is 8. The Labute approximate surface area is 305 Å². The molecule has 0 radical (unpaired) electrons. The molecule has 1 aliphatic carbocycles. The van der Waals surface area contributed by atoms with Gasteiger partial charge >= 0.3 is 6.09 Å². The second-order valence-electron chi connectivity index (χ2n) is 15.1. The molecule has 4 atom stereocenters. The van der Waals surface area contributed by atoms with E-state index in [0.29, 0.717) is 43.6 Å². The molecule has 0 bridgehead atoms. The van der Waals surface area contributed by atoms with Gasteiger partial charge in [-0.25, -0.2) is 13.2 Å². The summed E-state index contributed by atoms with van der Waals surface area (Å²) < 4.78 is 41.3. The molecule has 1 aromatic heterocycles. The fraction of sp³-hybridized carbons (Fsp3) is 0.595. The lowest BCUT2D eigenvalue weighted by Crippen LogP contribution is -2.54. The van der Waals surface area contributed by atoms with Gasteiger partial charge in [-0.2, -0.15) is 4.98 Å². The lowest BCUT2D eigenvalue weighted by atomic mass is 10.0. The molecule has 2 aromatic rings. The number of fused-ring (bicyclic) bond motifs is 2. The van der Waals surface area contributed by atoms with Gasteiger partial charge in [0.1, 0.15) is 23.8 Å². The van der Waals surface area contributed by atoms with E-state index in [0.717, 1.165) is 23.9 Å².